The molecule has 2 rings (SSSR count). The molecule has 2 nitrogen and oxygen atoms in total. The van der Waals surface area contributed by atoms with E-state index in [-0.39, 0.29) is 11.1 Å². The zero-order valence-corrected chi connectivity index (χ0v) is 23.1. The normalized spacial score (nSPS) is 38.9. The van der Waals surface area contributed by atoms with E-state index in [1.54, 1.807) is 0 Å². The molecule has 1 heterocycles. The molecule has 1 saturated carbocycles. The molecule has 1 spiro atoms. The van der Waals surface area contributed by atoms with Crippen LogP contribution in [-0.2, 0) is 0 Å². The molecule has 0 bridgehead atoms. The highest BCUT2D eigenvalue weighted by atomic mass is 15.4. The molecular formula is C28H56N2. The van der Waals surface area contributed by atoms with E-state index >= 15 is 0 Å². The molecule has 0 aromatic rings. The molecule has 4 atom stereocenters. The van der Waals surface area contributed by atoms with Crippen LogP contribution in [0.2, 0.25) is 0 Å². The van der Waals surface area contributed by atoms with Crippen molar-refractivity contribution in [3.63, 3.8) is 0 Å². The Morgan fingerprint density at radius 1 is 0.767 bits per heavy atom. The lowest BCUT2D eigenvalue weighted by atomic mass is 9.59. The minimum atomic E-state index is 0.151. The van der Waals surface area contributed by atoms with Gasteiger partial charge in [0.25, 0.3) is 0 Å². The summed E-state index contributed by atoms with van der Waals surface area (Å²) >= 11 is 0. The van der Waals surface area contributed by atoms with Crippen LogP contribution in [0.15, 0.2) is 0 Å². The summed E-state index contributed by atoms with van der Waals surface area (Å²) in [6, 6.07) is 0. The highest BCUT2D eigenvalue weighted by Crippen LogP contribution is 2.56. The Balaban J connectivity index is 2.50. The fourth-order valence-electron chi connectivity index (χ4n) is 8.75. The van der Waals surface area contributed by atoms with Gasteiger partial charge < -0.3 is 0 Å². The number of hydrogen-bond donors (Lipinski definition) is 0. The third-order valence-electron chi connectivity index (χ3n) is 8.65. The molecule has 0 N–H and O–H groups in total. The summed E-state index contributed by atoms with van der Waals surface area (Å²) in [5.41, 5.74) is 1.59. The Morgan fingerprint density at radius 3 is 1.87 bits per heavy atom. The van der Waals surface area contributed by atoms with E-state index in [9.17, 15) is 0 Å². The minimum absolute atomic E-state index is 0.151. The van der Waals surface area contributed by atoms with Crippen molar-refractivity contribution < 1.29 is 0 Å². The zero-order valence-electron chi connectivity index (χ0n) is 23.1. The molecule has 2 aliphatic rings. The van der Waals surface area contributed by atoms with E-state index in [0.717, 1.165) is 11.8 Å². The van der Waals surface area contributed by atoms with E-state index in [1.807, 2.05) is 0 Å². The molecule has 2 fully saturated rings. The Morgan fingerprint density at radius 2 is 1.33 bits per heavy atom. The Kier molecular flexibility index (Phi) is 7.30. The molecule has 30 heavy (non-hydrogen) atoms. The highest BCUT2D eigenvalue weighted by molar-refractivity contribution is 5.01. The highest BCUT2D eigenvalue weighted by Gasteiger charge is 2.50. The first-order valence-corrected chi connectivity index (χ1v) is 12.8. The molecule has 0 aromatic carbocycles. The predicted molar refractivity (Wildman–Crippen MR) is 134 cm³/mol. The van der Waals surface area contributed by atoms with Crippen molar-refractivity contribution in [2.45, 2.75) is 139 Å². The van der Waals surface area contributed by atoms with Gasteiger partial charge >= 0.3 is 0 Å². The quantitative estimate of drug-likeness (QED) is 0.394. The molecule has 1 saturated heterocycles. The molecule has 4 unspecified atom stereocenters. The summed E-state index contributed by atoms with van der Waals surface area (Å²) in [7, 11) is 2.37. The van der Waals surface area contributed by atoms with Crippen LogP contribution in [0.4, 0.5) is 0 Å². The standard InChI is InChI=1S/C28H56N2/c1-21-16-25(7,8)18-22(2)28(17-21)14-15-29(13)23(3)30(24(4,5)6)27(11,12)19-26(9,10)20-28/h21-23H,14-20H2,1-13H3. The van der Waals surface area contributed by atoms with E-state index in [4.69, 9.17) is 0 Å². The van der Waals surface area contributed by atoms with Gasteiger partial charge in [-0.05, 0) is 122 Å². The van der Waals surface area contributed by atoms with Gasteiger partial charge in [-0.1, -0.05) is 41.5 Å². The maximum Gasteiger partial charge on any atom is 0.0600 e. The molecule has 1 aliphatic heterocycles. The topological polar surface area (TPSA) is 6.48 Å². The Hall–Kier alpha value is -0.0800. The summed E-state index contributed by atoms with van der Waals surface area (Å²) in [5.74, 6) is 1.62. The number of rotatable bonds is 0. The van der Waals surface area contributed by atoms with E-state index in [2.05, 4.69) is 99.9 Å². The van der Waals surface area contributed by atoms with Crippen LogP contribution in [0.5, 0.6) is 0 Å². The van der Waals surface area contributed by atoms with Gasteiger partial charge in [-0.25, -0.2) is 0 Å². The number of hydrogen-bond acceptors (Lipinski definition) is 2. The van der Waals surface area contributed by atoms with Crippen molar-refractivity contribution in [2.75, 3.05) is 13.6 Å². The lowest BCUT2D eigenvalue weighted by molar-refractivity contribution is -0.1000. The Bertz CT molecular complexity index is 582. The average molecular weight is 421 g/mol. The van der Waals surface area contributed by atoms with E-state index in [1.165, 1.54) is 45.1 Å². The SMILES string of the molecule is CC1CC(C)(C)CC(C)C2(CCN(C)C(C)N(C(C)(C)C)C(C)(C)CC(C)(C)C2)C1. The van der Waals surface area contributed by atoms with Crippen LogP contribution in [-0.4, -0.2) is 40.6 Å². The summed E-state index contributed by atoms with van der Waals surface area (Å²) in [5, 5.41) is 0. The number of nitrogens with zero attached hydrogens (tertiary/aromatic N) is 2. The van der Waals surface area contributed by atoms with Crippen molar-refractivity contribution >= 4 is 0 Å². The average Bonchev–Trinajstić information content (AvgIpc) is 2.53. The van der Waals surface area contributed by atoms with Crippen molar-refractivity contribution in [2.24, 2.45) is 28.1 Å². The maximum atomic E-state index is 2.79. The first-order valence-electron chi connectivity index (χ1n) is 12.8. The van der Waals surface area contributed by atoms with Crippen LogP contribution in [0.1, 0.15) is 122 Å². The molecule has 0 aromatic heterocycles. The summed E-state index contributed by atoms with van der Waals surface area (Å²) < 4.78 is 0. The van der Waals surface area contributed by atoms with Crippen LogP contribution < -0.4 is 0 Å². The molecule has 178 valence electrons. The second-order valence-electron chi connectivity index (χ2n) is 14.9. The van der Waals surface area contributed by atoms with Crippen LogP contribution in [0.25, 0.3) is 0 Å². The lowest BCUT2D eigenvalue weighted by Gasteiger charge is -2.57. The fourth-order valence-corrected chi connectivity index (χ4v) is 8.75. The molecular weight excluding hydrogens is 364 g/mol. The smallest absolute Gasteiger partial charge is 0.0600 e. The summed E-state index contributed by atoms with van der Waals surface area (Å²) in [4.78, 5) is 5.45. The van der Waals surface area contributed by atoms with Gasteiger partial charge in [-0.3, -0.25) is 9.80 Å². The third kappa shape index (κ3) is 5.83. The van der Waals surface area contributed by atoms with E-state index in [0.29, 0.717) is 22.4 Å². The third-order valence-corrected chi connectivity index (χ3v) is 8.65. The van der Waals surface area contributed by atoms with Gasteiger partial charge in [-0.2, -0.15) is 0 Å². The van der Waals surface area contributed by atoms with E-state index < -0.39 is 0 Å². The fraction of sp³-hybridized carbons (Fsp3) is 1.00. The van der Waals surface area contributed by atoms with Crippen LogP contribution in [0.3, 0.4) is 0 Å². The van der Waals surface area contributed by atoms with Crippen LogP contribution >= 0.6 is 0 Å². The van der Waals surface area contributed by atoms with Crippen molar-refractivity contribution in [3.8, 4) is 0 Å². The van der Waals surface area contributed by atoms with Gasteiger partial charge in [0.15, 0.2) is 0 Å². The second kappa shape index (κ2) is 8.36. The van der Waals surface area contributed by atoms with Gasteiger partial charge in [0, 0.05) is 11.1 Å². The van der Waals surface area contributed by atoms with Gasteiger partial charge in [0.05, 0.1) is 6.17 Å². The monoisotopic (exact) mass is 420 g/mol. The lowest BCUT2D eigenvalue weighted by Crippen LogP contribution is -2.63. The van der Waals surface area contributed by atoms with Gasteiger partial charge in [-0.15, -0.1) is 0 Å². The molecule has 0 radical (unpaired) electrons. The first kappa shape index (κ1) is 26.2. The molecule has 1 aliphatic carbocycles. The van der Waals surface area contributed by atoms with Crippen molar-refractivity contribution in [3.05, 3.63) is 0 Å². The second-order valence-corrected chi connectivity index (χ2v) is 14.9. The van der Waals surface area contributed by atoms with Crippen LogP contribution in [0, 0.1) is 28.1 Å². The predicted octanol–water partition coefficient (Wildman–Crippen LogP) is 7.82. The zero-order chi connectivity index (χ0) is 23.3. The van der Waals surface area contributed by atoms with Crippen molar-refractivity contribution in [1.29, 1.82) is 0 Å². The first-order chi connectivity index (χ1) is 13.3. The minimum Gasteiger partial charge on any atom is -0.291 e. The summed E-state index contributed by atoms with van der Waals surface area (Å²) in [6.07, 6.45) is 8.58. The van der Waals surface area contributed by atoms with Gasteiger partial charge in [0.2, 0.25) is 0 Å². The van der Waals surface area contributed by atoms with Gasteiger partial charge in [0.1, 0.15) is 0 Å². The Labute approximate surface area is 190 Å². The summed E-state index contributed by atoms with van der Waals surface area (Å²) in [6.45, 7) is 31.1. The van der Waals surface area contributed by atoms with Crippen molar-refractivity contribution in [1.82, 2.24) is 9.80 Å². The maximum absolute atomic E-state index is 2.79. The molecule has 0 amide bonds. The molecule has 2 heteroatoms. The largest absolute Gasteiger partial charge is 0.291 e.